The maximum atomic E-state index is 12.1. The van der Waals surface area contributed by atoms with E-state index in [2.05, 4.69) is 16.0 Å². The molecule has 1 atom stereocenters. The Morgan fingerprint density at radius 3 is 2.75 bits per heavy atom. The number of fused-ring (bicyclic) bond motifs is 1. The lowest BCUT2D eigenvalue weighted by Gasteiger charge is -2.14. The van der Waals surface area contributed by atoms with Gasteiger partial charge >= 0.3 is 0 Å². The third-order valence-corrected chi connectivity index (χ3v) is 3.38. The maximum Gasteiger partial charge on any atom is 0.254 e. The Hall–Kier alpha value is -2.37. The third-order valence-electron chi connectivity index (χ3n) is 3.38. The van der Waals surface area contributed by atoms with Crippen molar-refractivity contribution in [3.63, 3.8) is 0 Å². The number of carbonyl (C=O) groups is 3. The molecule has 0 bridgehead atoms. The molecule has 1 aliphatic heterocycles. The van der Waals surface area contributed by atoms with Gasteiger partial charge in [0, 0.05) is 6.04 Å². The third kappa shape index (κ3) is 2.64. The molecule has 6 heteroatoms. The zero-order valence-corrected chi connectivity index (χ0v) is 10.8. The lowest BCUT2D eigenvalue weighted by Crippen LogP contribution is -2.44. The van der Waals surface area contributed by atoms with Gasteiger partial charge in [0.1, 0.15) is 6.04 Å². The number of hydrogen-bond donors (Lipinski definition) is 3. The van der Waals surface area contributed by atoms with Gasteiger partial charge in [-0.2, -0.15) is 0 Å². The van der Waals surface area contributed by atoms with Crippen molar-refractivity contribution in [1.29, 1.82) is 0 Å². The van der Waals surface area contributed by atoms with Crippen molar-refractivity contribution in [2.24, 2.45) is 0 Å². The fourth-order valence-electron chi connectivity index (χ4n) is 2.15. The molecule has 104 valence electrons. The molecule has 3 rings (SSSR count). The topological polar surface area (TPSA) is 87.3 Å². The van der Waals surface area contributed by atoms with Crippen LogP contribution < -0.4 is 16.0 Å². The van der Waals surface area contributed by atoms with Crippen LogP contribution in [0.3, 0.4) is 0 Å². The normalized spacial score (nSPS) is 21.3. The second-order valence-electron chi connectivity index (χ2n) is 5.11. The second kappa shape index (κ2) is 4.96. The molecule has 1 aromatic carbocycles. The zero-order chi connectivity index (χ0) is 14.1. The van der Waals surface area contributed by atoms with Crippen molar-refractivity contribution in [3.05, 3.63) is 29.8 Å². The van der Waals surface area contributed by atoms with E-state index in [0.717, 1.165) is 12.8 Å². The summed E-state index contributed by atoms with van der Waals surface area (Å²) in [6, 6.07) is 6.17. The van der Waals surface area contributed by atoms with Gasteiger partial charge in [-0.05, 0) is 25.0 Å². The number of amides is 3. The lowest BCUT2D eigenvalue weighted by molar-refractivity contribution is -0.125. The average Bonchev–Trinajstić information content (AvgIpc) is 3.22. The van der Waals surface area contributed by atoms with Gasteiger partial charge in [0.15, 0.2) is 0 Å². The van der Waals surface area contributed by atoms with E-state index >= 15 is 0 Å². The van der Waals surface area contributed by atoms with E-state index in [4.69, 9.17) is 0 Å². The highest BCUT2D eigenvalue weighted by Crippen LogP contribution is 2.20. The molecule has 1 fully saturated rings. The molecular formula is C14H15N3O3. The van der Waals surface area contributed by atoms with E-state index in [-0.39, 0.29) is 30.2 Å². The summed E-state index contributed by atoms with van der Waals surface area (Å²) in [6.07, 6.45) is 1.93. The first-order chi connectivity index (χ1) is 9.63. The average molecular weight is 273 g/mol. The molecule has 3 amide bonds. The van der Waals surface area contributed by atoms with E-state index in [0.29, 0.717) is 11.3 Å². The largest absolute Gasteiger partial charge is 0.353 e. The number of carbonyl (C=O) groups excluding carboxylic acids is 3. The molecule has 0 radical (unpaired) electrons. The molecule has 1 saturated carbocycles. The first-order valence-electron chi connectivity index (χ1n) is 6.63. The van der Waals surface area contributed by atoms with Crippen molar-refractivity contribution in [2.45, 2.75) is 31.3 Å². The van der Waals surface area contributed by atoms with Gasteiger partial charge in [0.05, 0.1) is 17.7 Å². The Bertz CT molecular complexity index is 581. The van der Waals surface area contributed by atoms with Crippen LogP contribution in [-0.2, 0) is 9.59 Å². The number of rotatable bonds is 3. The van der Waals surface area contributed by atoms with Gasteiger partial charge in [-0.3, -0.25) is 14.4 Å². The predicted molar refractivity (Wildman–Crippen MR) is 72.1 cm³/mol. The molecular weight excluding hydrogens is 258 g/mol. The summed E-state index contributed by atoms with van der Waals surface area (Å²) in [5.41, 5.74) is 0.881. The standard InChI is InChI=1S/C14H15N3O3/c18-12(15-8-5-6-8)7-11-14(20)16-10-4-2-1-3-9(10)13(19)17-11/h1-4,8,11H,5-7H2,(H,15,18)(H,16,20)(H,17,19)/t11-/m1/s1. The summed E-state index contributed by atoms with van der Waals surface area (Å²) in [4.78, 5) is 35.9. The Labute approximate surface area is 115 Å². The summed E-state index contributed by atoms with van der Waals surface area (Å²) >= 11 is 0. The van der Waals surface area contributed by atoms with E-state index in [1.807, 2.05) is 0 Å². The highest BCUT2D eigenvalue weighted by Gasteiger charge is 2.31. The van der Waals surface area contributed by atoms with E-state index in [1.165, 1.54) is 0 Å². The van der Waals surface area contributed by atoms with Crippen molar-refractivity contribution < 1.29 is 14.4 Å². The molecule has 1 heterocycles. The smallest absolute Gasteiger partial charge is 0.254 e. The molecule has 0 saturated heterocycles. The Morgan fingerprint density at radius 1 is 1.25 bits per heavy atom. The number of benzene rings is 1. The van der Waals surface area contributed by atoms with Gasteiger partial charge in [0.2, 0.25) is 11.8 Å². The van der Waals surface area contributed by atoms with Crippen LogP contribution in [0.2, 0.25) is 0 Å². The maximum absolute atomic E-state index is 12.1. The van der Waals surface area contributed by atoms with Crippen LogP contribution in [-0.4, -0.2) is 29.8 Å². The molecule has 1 aliphatic carbocycles. The van der Waals surface area contributed by atoms with Gasteiger partial charge in [-0.1, -0.05) is 12.1 Å². The minimum Gasteiger partial charge on any atom is -0.353 e. The Morgan fingerprint density at radius 2 is 2.00 bits per heavy atom. The van der Waals surface area contributed by atoms with E-state index in [9.17, 15) is 14.4 Å². The predicted octanol–water partition coefficient (Wildman–Crippen LogP) is 0.406. The Balaban J connectivity index is 1.73. The second-order valence-corrected chi connectivity index (χ2v) is 5.11. The summed E-state index contributed by atoms with van der Waals surface area (Å²) in [5.74, 6) is -0.920. The first-order valence-corrected chi connectivity index (χ1v) is 6.63. The van der Waals surface area contributed by atoms with Crippen LogP contribution >= 0.6 is 0 Å². The van der Waals surface area contributed by atoms with Gasteiger partial charge < -0.3 is 16.0 Å². The van der Waals surface area contributed by atoms with Crippen LogP contribution in [0.25, 0.3) is 0 Å². The van der Waals surface area contributed by atoms with Crippen LogP contribution in [0, 0.1) is 0 Å². The minimum atomic E-state index is -0.839. The van der Waals surface area contributed by atoms with Gasteiger partial charge in [0.25, 0.3) is 5.91 Å². The van der Waals surface area contributed by atoms with Crippen LogP contribution in [0.4, 0.5) is 5.69 Å². The zero-order valence-electron chi connectivity index (χ0n) is 10.8. The summed E-state index contributed by atoms with van der Waals surface area (Å²) < 4.78 is 0. The molecule has 0 aromatic heterocycles. The Kier molecular flexibility index (Phi) is 3.14. The summed E-state index contributed by atoms with van der Waals surface area (Å²) in [6.45, 7) is 0. The molecule has 2 aliphatic rings. The van der Waals surface area contributed by atoms with Crippen molar-refractivity contribution in [3.8, 4) is 0 Å². The van der Waals surface area contributed by atoms with Gasteiger partial charge in [-0.25, -0.2) is 0 Å². The number of anilines is 1. The highest BCUT2D eigenvalue weighted by atomic mass is 16.2. The molecule has 0 unspecified atom stereocenters. The molecule has 6 nitrogen and oxygen atoms in total. The van der Waals surface area contributed by atoms with E-state index < -0.39 is 6.04 Å². The van der Waals surface area contributed by atoms with Crippen LogP contribution in [0.1, 0.15) is 29.6 Å². The molecule has 20 heavy (non-hydrogen) atoms. The van der Waals surface area contributed by atoms with Crippen molar-refractivity contribution in [2.75, 3.05) is 5.32 Å². The molecule has 1 aromatic rings. The minimum absolute atomic E-state index is 0.0396. The fraction of sp³-hybridized carbons (Fsp3) is 0.357. The summed E-state index contributed by atoms with van der Waals surface area (Å²) in [5, 5.41) is 8.08. The van der Waals surface area contributed by atoms with Crippen molar-refractivity contribution in [1.82, 2.24) is 10.6 Å². The highest BCUT2D eigenvalue weighted by molar-refractivity contribution is 6.10. The van der Waals surface area contributed by atoms with Crippen molar-refractivity contribution >= 4 is 23.4 Å². The summed E-state index contributed by atoms with van der Waals surface area (Å²) in [7, 11) is 0. The fourth-order valence-corrected chi connectivity index (χ4v) is 2.15. The monoisotopic (exact) mass is 273 g/mol. The number of nitrogens with one attached hydrogen (secondary N) is 3. The van der Waals surface area contributed by atoms with Crippen LogP contribution in [0.15, 0.2) is 24.3 Å². The van der Waals surface area contributed by atoms with Crippen LogP contribution in [0.5, 0.6) is 0 Å². The first kappa shape index (κ1) is 12.7. The number of para-hydroxylation sites is 1. The SMILES string of the molecule is O=C(C[C@H]1NC(=O)c2ccccc2NC1=O)NC1CC1. The van der Waals surface area contributed by atoms with E-state index in [1.54, 1.807) is 24.3 Å². The van der Waals surface area contributed by atoms with Gasteiger partial charge in [-0.15, -0.1) is 0 Å². The number of hydrogen-bond acceptors (Lipinski definition) is 3. The molecule has 3 N–H and O–H groups in total. The lowest BCUT2D eigenvalue weighted by atomic mass is 10.1. The molecule has 0 spiro atoms. The quantitative estimate of drug-likeness (QED) is 0.745.